The van der Waals surface area contributed by atoms with Crippen LogP contribution in [0.15, 0.2) is 0 Å². The Bertz CT molecular complexity index is 170. The van der Waals surface area contributed by atoms with E-state index in [9.17, 15) is 0 Å². The summed E-state index contributed by atoms with van der Waals surface area (Å²) in [4.78, 5) is 0. The van der Waals surface area contributed by atoms with Crippen LogP contribution in [-0.4, -0.2) is 25.8 Å². The molecule has 2 heteroatoms. The predicted molar refractivity (Wildman–Crippen MR) is 61.3 cm³/mol. The van der Waals surface area contributed by atoms with Crippen molar-refractivity contribution in [2.24, 2.45) is 0 Å². The molecule has 0 aromatic rings. The van der Waals surface area contributed by atoms with Crippen molar-refractivity contribution in [3.05, 3.63) is 0 Å². The highest BCUT2D eigenvalue weighted by Gasteiger charge is 2.14. The van der Waals surface area contributed by atoms with E-state index >= 15 is 0 Å². The third kappa shape index (κ3) is 8.10. The van der Waals surface area contributed by atoms with Gasteiger partial charge in [0.15, 0.2) is 0 Å². The average Bonchev–Trinajstić information content (AvgIpc) is 2.16. The van der Waals surface area contributed by atoms with Crippen molar-refractivity contribution >= 4 is 0 Å². The fourth-order valence-electron chi connectivity index (χ4n) is 1.09. The molecule has 0 atom stereocenters. The molecule has 0 spiro atoms. The molecule has 82 valence electrons. The fraction of sp³-hybridized carbons (Fsp3) is 0.833. The number of ether oxygens (including phenoxy) is 1. The summed E-state index contributed by atoms with van der Waals surface area (Å²) in [7, 11) is 1.76. The van der Waals surface area contributed by atoms with Crippen LogP contribution in [0.2, 0.25) is 0 Å². The van der Waals surface area contributed by atoms with Gasteiger partial charge < -0.3 is 10.1 Å². The van der Waals surface area contributed by atoms with Crippen LogP contribution in [0.1, 0.15) is 39.5 Å². The number of unbranched alkanes of at least 4 members (excludes halogenated alkanes) is 2. The standard InChI is InChI=1S/C12H23NO/c1-5-6-7-8-10-13-11-9-12(2,3)14-4/h1,13H,6-11H2,2-4H3. The van der Waals surface area contributed by atoms with Gasteiger partial charge in [0.2, 0.25) is 0 Å². The van der Waals surface area contributed by atoms with Crippen LogP contribution in [0.25, 0.3) is 0 Å². The van der Waals surface area contributed by atoms with Crippen molar-refractivity contribution in [1.82, 2.24) is 5.32 Å². The van der Waals surface area contributed by atoms with E-state index in [-0.39, 0.29) is 5.60 Å². The Morgan fingerprint density at radius 2 is 2.00 bits per heavy atom. The van der Waals surface area contributed by atoms with Gasteiger partial charge in [0.1, 0.15) is 0 Å². The molecule has 0 saturated carbocycles. The van der Waals surface area contributed by atoms with E-state index in [0.29, 0.717) is 0 Å². The number of hydrogen-bond donors (Lipinski definition) is 1. The van der Waals surface area contributed by atoms with Crippen molar-refractivity contribution in [3.63, 3.8) is 0 Å². The Kier molecular flexibility index (Phi) is 7.55. The summed E-state index contributed by atoms with van der Waals surface area (Å²) in [6.07, 6.45) is 9.38. The second-order valence-corrected chi connectivity index (χ2v) is 4.13. The Labute approximate surface area is 88.4 Å². The molecule has 0 amide bonds. The zero-order valence-electron chi connectivity index (χ0n) is 9.73. The topological polar surface area (TPSA) is 21.3 Å². The predicted octanol–water partition coefficient (Wildman–Crippen LogP) is 2.19. The van der Waals surface area contributed by atoms with Crippen molar-refractivity contribution in [3.8, 4) is 12.3 Å². The van der Waals surface area contributed by atoms with Crippen molar-refractivity contribution < 1.29 is 4.74 Å². The number of nitrogens with one attached hydrogen (secondary N) is 1. The molecule has 1 N–H and O–H groups in total. The molecule has 14 heavy (non-hydrogen) atoms. The van der Waals surface area contributed by atoms with E-state index in [1.54, 1.807) is 7.11 Å². The normalized spacial score (nSPS) is 11.3. The van der Waals surface area contributed by atoms with Crippen LogP contribution in [0, 0.1) is 12.3 Å². The fourth-order valence-corrected chi connectivity index (χ4v) is 1.09. The minimum Gasteiger partial charge on any atom is -0.379 e. The summed E-state index contributed by atoms with van der Waals surface area (Å²) in [5.41, 5.74) is -0.00812. The van der Waals surface area contributed by atoms with Crippen molar-refractivity contribution in [2.75, 3.05) is 20.2 Å². The first-order valence-electron chi connectivity index (χ1n) is 5.32. The second kappa shape index (κ2) is 7.84. The largest absolute Gasteiger partial charge is 0.379 e. The van der Waals surface area contributed by atoms with Gasteiger partial charge in [-0.05, 0) is 46.2 Å². The first kappa shape index (κ1) is 13.5. The molecule has 0 aliphatic carbocycles. The highest BCUT2D eigenvalue weighted by atomic mass is 16.5. The lowest BCUT2D eigenvalue weighted by Gasteiger charge is -2.22. The number of hydrogen-bond acceptors (Lipinski definition) is 2. The van der Waals surface area contributed by atoms with E-state index in [1.165, 1.54) is 0 Å². The second-order valence-electron chi connectivity index (χ2n) is 4.13. The molecule has 0 radical (unpaired) electrons. The maximum Gasteiger partial charge on any atom is 0.0634 e. The Hall–Kier alpha value is -0.520. The van der Waals surface area contributed by atoms with Gasteiger partial charge in [0.25, 0.3) is 0 Å². The smallest absolute Gasteiger partial charge is 0.0634 e. The van der Waals surface area contributed by atoms with Crippen LogP contribution in [-0.2, 0) is 4.74 Å². The van der Waals surface area contributed by atoms with Crippen LogP contribution in [0.3, 0.4) is 0 Å². The van der Waals surface area contributed by atoms with Gasteiger partial charge in [-0.1, -0.05) is 0 Å². The molecule has 0 fully saturated rings. The van der Waals surface area contributed by atoms with Gasteiger partial charge in [0, 0.05) is 13.5 Å². The van der Waals surface area contributed by atoms with Gasteiger partial charge in [-0.2, -0.15) is 0 Å². The van der Waals surface area contributed by atoms with Crippen LogP contribution < -0.4 is 5.32 Å². The van der Waals surface area contributed by atoms with E-state index in [4.69, 9.17) is 11.2 Å². The lowest BCUT2D eigenvalue weighted by atomic mass is 10.1. The zero-order valence-corrected chi connectivity index (χ0v) is 9.73. The maximum absolute atomic E-state index is 5.32. The van der Waals surface area contributed by atoms with Gasteiger partial charge in [-0.15, -0.1) is 12.3 Å². The van der Waals surface area contributed by atoms with Gasteiger partial charge in [-0.25, -0.2) is 0 Å². The quantitative estimate of drug-likeness (QED) is 0.476. The molecule has 0 heterocycles. The van der Waals surface area contributed by atoms with E-state index in [1.807, 2.05) is 0 Å². The average molecular weight is 197 g/mol. The van der Waals surface area contributed by atoms with Gasteiger partial charge in [0.05, 0.1) is 5.60 Å². The van der Waals surface area contributed by atoms with Gasteiger partial charge in [-0.3, -0.25) is 0 Å². The van der Waals surface area contributed by atoms with E-state index < -0.39 is 0 Å². The molecule has 0 bridgehead atoms. The molecule has 0 aromatic heterocycles. The van der Waals surface area contributed by atoms with E-state index in [2.05, 4.69) is 25.1 Å². The Balaban J connectivity index is 3.18. The summed E-state index contributed by atoms with van der Waals surface area (Å²) in [5.74, 6) is 2.64. The molecular weight excluding hydrogens is 174 g/mol. The first-order chi connectivity index (χ1) is 6.62. The van der Waals surface area contributed by atoms with E-state index in [0.717, 1.165) is 38.8 Å². The number of methoxy groups -OCH3 is 1. The molecule has 0 saturated heterocycles. The third-order valence-electron chi connectivity index (χ3n) is 2.38. The molecule has 0 aliphatic rings. The highest BCUT2D eigenvalue weighted by molar-refractivity contribution is 4.82. The summed E-state index contributed by atoms with van der Waals surface area (Å²) < 4.78 is 5.32. The zero-order chi connectivity index (χ0) is 10.9. The SMILES string of the molecule is C#CCCCCNCCC(C)(C)OC. The molecule has 0 aromatic carbocycles. The molecule has 0 rings (SSSR count). The summed E-state index contributed by atoms with van der Waals surface area (Å²) >= 11 is 0. The summed E-state index contributed by atoms with van der Waals surface area (Å²) in [6.45, 7) is 6.28. The monoisotopic (exact) mass is 197 g/mol. The summed E-state index contributed by atoms with van der Waals surface area (Å²) in [5, 5.41) is 3.39. The minimum absolute atomic E-state index is 0.00812. The first-order valence-corrected chi connectivity index (χ1v) is 5.32. The Morgan fingerprint density at radius 3 is 2.57 bits per heavy atom. The van der Waals surface area contributed by atoms with Crippen molar-refractivity contribution in [2.45, 2.75) is 45.1 Å². The van der Waals surface area contributed by atoms with Crippen LogP contribution >= 0.6 is 0 Å². The lowest BCUT2D eigenvalue weighted by molar-refractivity contribution is 0.0159. The summed E-state index contributed by atoms with van der Waals surface area (Å²) in [6, 6.07) is 0. The third-order valence-corrected chi connectivity index (χ3v) is 2.38. The highest BCUT2D eigenvalue weighted by Crippen LogP contribution is 2.11. The maximum atomic E-state index is 5.32. The van der Waals surface area contributed by atoms with Gasteiger partial charge >= 0.3 is 0 Å². The molecule has 0 aliphatic heterocycles. The molecule has 2 nitrogen and oxygen atoms in total. The van der Waals surface area contributed by atoms with Crippen molar-refractivity contribution in [1.29, 1.82) is 0 Å². The number of terminal acetylenes is 1. The Morgan fingerprint density at radius 1 is 1.29 bits per heavy atom. The molecule has 0 unspecified atom stereocenters. The lowest BCUT2D eigenvalue weighted by Crippen LogP contribution is -2.29. The molecular formula is C12H23NO. The minimum atomic E-state index is -0.00812. The van der Waals surface area contributed by atoms with Crippen LogP contribution in [0.5, 0.6) is 0 Å². The number of rotatable bonds is 8. The van der Waals surface area contributed by atoms with Crippen LogP contribution in [0.4, 0.5) is 0 Å².